The molecule has 2 N–H and O–H groups in total. The van der Waals surface area contributed by atoms with Gasteiger partial charge in [0.05, 0.1) is 43.0 Å². The average molecular weight is 333 g/mol. The van der Waals surface area contributed by atoms with Crippen molar-refractivity contribution < 1.29 is 33.5 Å². The van der Waals surface area contributed by atoms with Crippen LogP contribution in [-0.4, -0.2) is 50.8 Å². The van der Waals surface area contributed by atoms with Crippen molar-refractivity contribution in [3.63, 3.8) is 0 Å². The van der Waals surface area contributed by atoms with Crippen LogP contribution in [-0.2, 0) is 10.0 Å². The Morgan fingerprint density at radius 3 is 2.24 bits per heavy atom. The number of thiophene rings is 1. The highest BCUT2D eigenvalue weighted by Gasteiger charge is 2.33. The first-order valence-corrected chi connectivity index (χ1v) is 8.40. The van der Waals surface area contributed by atoms with Gasteiger partial charge in [0.15, 0.2) is 0 Å². The molecule has 0 aliphatic carbocycles. The van der Waals surface area contributed by atoms with E-state index in [4.69, 9.17) is 0 Å². The Hall–Kier alpha value is -1.49. The third-order valence-electron chi connectivity index (χ3n) is 3.24. The van der Waals surface area contributed by atoms with E-state index in [0.29, 0.717) is 24.4 Å². The fourth-order valence-electron chi connectivity index (χ4n) is 2.18. The summed E-state index contributed by atoms with van der Waals surface area (Å²) < 4.78 is 25.7. The van der Waals surface area contributed by atoms with E-state index < -0.39 is 36.6 Å². The fraction of sp³-hybridized carbons (Fsp3) is 0.455. The van der Waals surface area contributed by atoms with Crippen LogP contribution in [0.2, 0.25) is 0 Å². The first-order valence-electron chi connectivity index (χ1n) is 6.14. The van der Waals surface area contributed by atoms with Crippen molar-refractivity contribution >= 4 is 33.3 Å². The Bertz CT molecular complexity index is 688. The zero-order chi connectivity index (χ0) is 15.8. The van der Waals surface area contributed by atoms with E-state index in [0.717, 1.165) is 4.31 Å². The maximum absolute atomic E-state index is 12.5. The van der Waals surface area contributed by atoms with Crippen LogP contribution in [0, 0.1) is 6.92 Å². The molecule has 1 aromatic heterocycles. The number of nitrogens with two attached hydrogens (primary N) is 1. The maximum atomic E-state index is 12.5. The summed E-state index contributed by atoms with van der Waals surface area (Å²) in [6.07, 6.45) is 0. The summed E-state index contributed by atoms with van der Waals surface area (Å²) in [6.45, 7) is 2.85. The van der Waals surface area contributed by atoms with Crippen LogP contribution < -0.4 is 15.5 Å². The monoisotopic (exact) mass is 333 g/mol. The fourth-order valence-corrected chi connectivity index (χ4v) is 5.45. The van der Waals surface area contributed by atoms with Gasteiger partial charge in [-0.3, -0.25) is 0 Å². The Balaban J connectivity index is 2.59. The van der Waals surface area contributed by atoms with Crippen molar-refractivity contribution in [2.24, 2.45) is 0 Å². The molecule has 1 aliphatic rings. The number of aromatic carboxylic acids is 2. The van der Waals surface area contributed by atoms with Crippen LogP contribution in [0.4, 0.5) is 0 Å². The number of piperazine rings is 1. The molecule has 1 fully saturated rings. The lowest BCUT2D eigenvalue weighted by molar-refractivity contribution is -0.661. The third kappa shape index (κ3) is 2.79. The van der Waals surface area contributed by atoms with Crippen LogP contribution in [0.3, 0.4) is 0 Å². The van der Waals surface area contributed by atoms with E-state index >= 15 is 0 Å². The molecule has 0 saturated carbocycles. The summed E-state index contributed by atoms with van der Waals surface area (Å²) in [6, 6.07) is 0. The van der Waals surface area contributed by atoms with Gasteiger partial charge in [-0.15, -0.1) is 11.3 Å². The molecule has 0 radical (unpaired) electrons. The number of hydrogen-bond donors (Lipinski definition) is 1. The largest absolute Gasteiger partial charge is 0.545 e. The van der Waals surface area contributed by atoms with Crippen LogP contribution >= 0.6 is 11.3 Å². The average Bonchev–Trinajstić information content (AvgIpc) is 2.78. The number of nitrogens with zero attached hydrogens (tertiary/aromatic N) is 1. The molecule has 0 spiro atoms. The second-order valence-electron chi connectivity index (χ2n) is 4.56. The minimum atomic E-state index is -4.05. The van der Waals surface area contributed by atoms with Crippen molar-refractivity contribution in [1.82, 2.24) is 4.31 Å². The number of quaternary nitrogens is 1. The minimum absolute atomic E-state index is 0.151. The van der Waals surface area contributed by atoms with E-state index in [-0.39, 0.29) is 18.7 Å². The Labute approximate surface area is 125 Å². The number of rotatable bonds is 4. The second kappa shape index (κ2) is 5.72. The van der Waals surface area contributed by atoms with Gasteiger partial charge >= 0.3 is 0 Å². The molecular weight excluding hydrogens is 320 g/mol. The zero-order valence-corrected chi connectivity index (χ0v) is 12.8. The Morgan fingerprint density at radius 2 is 1.76 bits per heavy atom. The van der Waals surface area contributed by atoms with Crippen molar-refractivity contribution in [3.05, 3.63) is 16.0 Å². The van der Waals surface area contributed by atoms with E-state index in [1.807, 2.05) is 5.32 Å². The molecule has 0 unspecified atom stereocenters. The van der Waals surface area contributed by atoms with Crippen LogP contribution in [0.15, 0.2) is 4.21 Å². The number of sulfonamides is 1. The molecule has 0 bridgehead atoms. The van der Waals surface area contributed by atoms with E-state index in [1.54, 1.807) is 0 Å². The number of carboxylic acids is 2. The van der Waals surface area contributed by atoms with Gasteiger partial charge in [0.25, 0.3) is 10.0 Å². The highest BCUT2D eigenvalue weighted by molar-refractivity contribution is 7.91. The van der Waals surface area contributed by atoms with Crippen LogP contribution in [0.5, 0.6) is 0 Å². The van der Waals surface area contributed by atoms with Crippen molar-refractivity contribution in [1.29, 1.82) is 0 Å². The highest BCUT2D eigenvalue weighted by Crippen LogP contribution is 2.33. The van der Waals surface area contributed by atoms with Crippen LogP contribution in [0.25, 0.3) is 0 Å². The number of carboxylic acid groups (broad SMARTS) is 2. The zero-order valence-electron chi connectivity index (χ0n) is 11.1. The normalized spacial score (nSPS) is 16.8. The Morgan fingerprint density at radius 1 is 1.19 bits per heavy atom. The SMILES string of the molecule is Cc1c(C(=O)[O-])sc(S(=O)(=O)N2CC[NH2+]CC2)c1C(=O)[O-]. The summed E-state index contributed by atoms with van der Waals surface area (Å²) in [7, 11) is -4.05. The van der Waals surface area contributed by atoms with Gasteiger partial charge in [0.1, 0.15) is 4.21 Å². The van der Waals surface area contributed by atoms with E-state index in [2.05, 4.69) is 0 Å². The van der Waals surface area contributed by atoms with Crippen molar-refractivity contribution in [2.45, 2.75) is 11.1 Å². The number of carbonyl (C=O) groups excluding carboxylic acids is 2. The van der Waals surface area contributed by atoms with Gasteiger partial charge in [-0.2, -0.15) is 4.31 Å². The molecule has 2 heterocycles. The van der Waals surface area contributed by atoms with Crippen molar-refractivity contribution in [2.75, 3.05) is 26.2 Å². The first kappa shape index (κ1) is 15.9. The van der Waals surface area contributed by atoms with Gasteiger partial charge in [0.2, 0.25) is 0 Å². The van der Waals surface area contributed by atoms with Gasteiger partial charge in [-0.05, 0) is 12.5 Å². The molecule has 10 heteroatoms. The summed E-state index contributed by atoms with van der Waals surface area (Å²) >= 11 is 0.400. The van der Waals surface area contributed by atoms with Gasteiger partial charge in [0, 0.05) is 5.56 Å². The Kier molecular flexibility index (Phi) is 4.33. The number of hydrogen-bond acceptors (Lipinski definition) is 7. The first-order chi connectivity index (χ1) is 9.76. The third-order valence-corrected chi connectivity index (χ3v) is 6.91. The lowest BCUT2D eigenvalue weighted by Crippen LogP contribution is -2.89. The molecule has 1 aliphatic heterocycles. The summed E-state index contributed by atoms with van der Waals surface area (Å²) in [4.78, 5) is 21.8. The lowest BCUT2D eigenvalue weighted by atomic mass is 10.2. The minimum Gasteiger partial charge on any atom is -0.545 e. The second-order valence-corrected chi connectivity index (χ2v) is 7.72. The standard InChI is InChI=1S/C11H14N2O6S2/c1-6-7(9(14)15)11(20-8(6)10(16)17)21(18,19)13-4-2-12-3-5-13/h12H,2-5H2,1H3,(H,14,15)(H,16,17)/p-1. The smallest absolute Gasteiger partial charge is 0.253 e. The summed E-state index contributed by atoms with van der Waals surface area (Å²) in [5, 5.41) is 24.1. The highest BCUT2D eigenvalue weighted by atomic mass is 32.2. The van der Waals surface area contributed by atoms with Crippen LogP contribution in [0.1, 0.15) is 25.6 Å². The molecule has 1 aromatic rings. The predicted octanol–water partition coefficient (Wildman–Crippen LogP) is -3.65. The summed E-state index contributed by atoms with van der Waals surface area (Å²) in [5.74, 6) is -3.31. The molecule has 0 atom stereocenters. The maximum Gasteiger partial charge on any atom is 0.253 e. The summed E-state index contributed by atoms with van der Waals surface area (Å²) in [5.41, 5.74) is -0.740. The molecule has 0 aromatic carbocycles. The van der Waals surface area contributed by atoms with Gasteiger partial charge in [-0.1, -0.05) is 0 Å². The van der Waals surface area contributed by atoms with E-state index in [9.17, 15) is 28.2 Å². The predicted molar refractivity (Wildman–Crippen MR) is 68.1 cm³/mol. The molecule has 8 nitrogen and oxygen atoms in total. The topological polar surface area (TPSA) is 134 Å². The lowest BCUT2D eigenvalue weighted by Gasteiger charge is -2.24. The van der Waals surface area contributed by atoms with E-state index in [1.165, 1.54) is 6.92 Å². The van der Waals surface area contributed by atoms with Crippen molar-refractivity contribution in [3.8, 4) is 0 Å². The molecular formula is C11H13N2O6S2-. The van der Waals surface area contributed by atoms with Gasteiger partial charge in [-0.25, -0.2) is 8.42 Å². The molecule has 2 rings (SSSR count). The number of carbonyl (C=O) groups is 2. The quantitative estimate of drug-likeness (QED) is 0.604. The molecule has 0 amide bonds. The van der Waals surface area contributed by atoms with Gasteiger partial charge < -0.3 is 25.1 Å². The molecule has 21 heavy (non-hydrogen) atoms. The molecule has 116 valence electrons. The molecule has 1 saturated heterocycles.